The molecule has 0 bridgehead atoms. The first-order valence-electron chi connectivity index (χ1n) is 20.6. The molecule has 14 heteroatoms. The smallest absolute Gasteiger partial charge is 0.410 e. The van der Waals surface area contributed by atoms with E-state index in [1.807, 2.05) is 26.8 Å². The Hall–Kier alpha value is -5.31. The number of non-ortho nitro benzene ring substituents is 1. The minimum absolute atomic E-state index is 0.0109. The van der Waals surface area contributed by atoms with Crippen molar-refractivity contribution in [1.82, 2.24) is 4.90 Å². The number of ether oxygens (including phenoxy) is 4. The monoisotopic (exact) mass is 829 g/mol. The second-order valence-corrected chi connectivity index (χ2v) is 16.6. The van der Waals surface area contributed by atoms with Gasteiger partial charge in [0.2, 0.25) is 5.79 Å². The summed E-state index contributed by atoms with van der Waals surface area (Å²) in [5.74, 6) is -1.77. The molecule has 1 heterocycles. The Labute approximate surface area is 350 Å². The predicted molar refractivity (Wildman–Crippen MR) is 223 cm³/mol. The number of oxime groups is 1. The van der Waals surface area contributed by atoms with Gasteiger partial charge in [-0.1, -0.05) is 48.3 Å². The Morgan fingerprint density at radius 3 is 2.43 bits per heavy atom. The SMILES string of the molecule is C=CCO[C@@]12Oc3ccc(Oc4cccc([N+](=O)[O-])c4)cc3[C@H]3[C@H](CCCCO)[C@@H](CCCCO)C=C(C(=NOC(C)(C)C)C[C@@H]1N(Cc1ccc(F)cc1)C(=O)OC)[C@H]32. The van der Waals surface area contributed by atoms with Gasteiger partial charge in [0.1, 0.15) is 34.7 Å². The van der Waals surface area contributed by atoms with E-state index in [9.17, 15) is 29.5 Å². The van der Waals surface area contributed by atoms with Crippen molar-refractivity contribution in [2.75, 3.05) is 26.9 Å². The van der Waals surface area contributed by atoms with Crippen molar-refractivity contribution in [3.05, 3.63) is 118 Å². The lowest BCUT2D eigenvalue weighted by molar-refractivity contribution is -0.384. The number of fused-ring (bicyclic) bond motifs is 2. The van der Waals surface area contributed by atoms with E-state index in [4.69, 9.17) is 28.9 Å². The number of methoxy groups -OCH3 is 1. The molecule has 3 aromatic rings. The summed E-state index contributed by atoms with van der Waals surface area (Å²) in [4.78, 5) is 33.0. The molecule has 60 heavy (non-hydrogen) atoms. The van der Waals surface area contributed by atoms with Crippen LogP contribution in [0.3, 0.4) is 0 Å². The third-order valence-electron chi connectivity index (χ3n) is 11.4. The third-order valence-corrected chi connectivity index (χ3v) is 11.4. The number of rotatable bonds is 18. The van der Waals surface area contributed by atoms with Gasteiger partial charge >= 0.3 is 6.09 Å². The zero-order valence-corrected chi connectivity index (χ0v) is 34.8. The number of unbranched alkanes of at least 4 members (excludes halogenated alkanes) is 2. The number of carbonyl (C=O) groups excluding carboxylic acids is 1. The van der Waals surface area contributed by atoms with Gasteiger partial charge in [0.15, 0.2) is 0 Å². The van der Waals surface area contributed by atoms with Crippen molar-refractivity contribution in [2.45, 2.75) is 95.6 Å². The maximum absolute atomic E-state index is 14.2. The summed E-state index contributed by atoms with van der Waals surface area (Å²) in [6, 6.07) is 16.5. The Morgan fingerprint density at radius 1 is 1.05 bits per heavy atom. The van der Waals surface area contributed by atoms with Crippen LogP contribution in [0.2, 0.25) is 0 Å². The first-order valence-corrected chi connectivity index (χ1v) is 20.6. The third kappa shape index (κ3) is 9.83. The number of nitro groups is 1. The van der Waals surface area contributed by atoms with Crippen LogP contribution in [0.5, 0.6) is 17.2 Å². The molecule has 6 rings (SSSR count). The van der Waals surface area contributed by atoms with Crippen molar-refractivity contribution in [3.8, 4) is 17.2 Å². The molecule has 0 saturated heterocycles. The number of aliphatic hydroxyl groups is 2. The summed E-state index contributed by atoms with van der Waals surface area (Å²) >= 11 is 0. The van der Waals surface area contributed by atoms with E-state index in [2.05, 4.69) is 12.7 Å². The molecule has 1 amide bonds. The molecular weight excluding hydrogens is 774 g/mol. The molecule has 1 aliphatic heterocycles. The number of hydrogen-bond donors (Lipinski definition) is 2. The molecular formula is C46H56FN3O10. The molecule has 1 saturated carbocycles. The molecule has 0 unspecified atom stereocenters. The van der Waals surface area contributed by atoms with E-state index in [0.717, 1.165) is 30.4 Å². The number of allylic oxidation sites excluding steroid dienone is 1. The Bertz CT molecular complexity index is 2050. The van der Waals surface area contributed by atoms with Gasteiger partial charge in [0, 0.05) is 43.7 Å². The van der Waals surface area contributed by atoms with E-state index in [1.54, 1.807) is 47.4 Å². The van der Waals surface area contributed by atoms with E-state index in [0.29, 0.717) is 42.0 Å². The largest absolute Gasteiger partial charge is 0.459 e. The highest BCUT2D eigenvalue weighted by Crippen LogP contribution is 2.62. The van der Waals surface area contributed by atoms with Crippen LogP contribution < -0.4 is 9.47 Å². The van der Waals surface area contributed by atoms with E-state index < -0.39 is 40.2 Å². The molecule has 6 atom stereocenters. The maximum atomic E-state index is 14.2. The van der Waals surface area contributed by atoms with Gasteiger partial charge in [-0.15, -0.1) is 6.58 Å². The van der Waals surface area contributed by atoms with Crippen molar-refractivity contribution < 1.29 is 48.1 Å². The van der Waals surface area contributed by atoms with Crippen LogP contribution in [-0.2, 0) is 20.9 Å². The maximum Gasteiger partial charge on any atom is 0.410 e. The van der Waals surface area contributed by atoms with Crippen molar-refractivity contribution in [2.24, 2.45) is 22.9 Å². The Morgan fingerprint density at radius 2 is 1.77 bits per heavy atom. The van der Waals surface area contributed by atoms with Crippen LogP contribution in [0, 0.1) is 33.7 Å². The van der Waals surface area contributed by atoms with Crippen LogP contribution in [0.1, 0.15) is 82.8 Å². The summed E-state index contributed by atoms with van der Waals surface area (Å²) in [5, 5.41) is 36.2. The molecule has 322 valence electrons. The van der Waals surface area contributed by atoms with Crippen LogP contribution in [-0.4, -0.2) is 76.2 Å². The zero-order valence-electron chi connectivity index (χ0n) is 34.8. The Balaban J connectivity index is 1.61. The van der Waals surface area contributed by atoms with Gasteiger partial charge in [0.05, 0.1) is 36.3 Å². The first kappa shape index (κ1) is 44.2. The van der Waals surface area contributed by atoms with E-state index >= 15 is 0 Å². The zero-order chi connectivity index (χ0) is 43.0. The van der Waals surface area contributed by atoms with Gasteiger partial charge in [0.25, 0.3) is 5.69 Å². The van der Waals surface area contributed by atoms with Gasteiger partial charge < -0.3 is 34.0 Å². The number of benzene rings is 3. The lowest BCUT2D eigenvalue weighted by atomic mass is 9.55. The highest BCUT2D eigenvalue weighted by atomic mass is 19.1. The van der Waals surface area contributed by atoms with Crippen LogP contribution >= 0.6 is 0 Å². The molecule has 3 aliphatic rings. The number of aliphatic hydroxyl groups excluding tert-OH is 2. The molecule has 3 aromatic carbocycles. The van der Waals surface area contributed by atoms with Crippen molar-refractivity contribution in [1.29, 1.82) is 0 Å². The van der Waals surface area contributed by atoms with Crippen LogP contribution in [0.15, 0.2) is 96.2 Å². The molecule has 0 radical (unpaired) electrons. The van der Waals surface area contributed by atoms with Crippen LogP contribution in [0.4, 0.5) is 14.9 Å². The average molecular weight is 830 g/mol. The van der Waals surface area contributed by atoms with Crippen LogP contribution in [0.25, 0.3) is 0 Å². The van der Waals surface area contributed by atoms with E-state index in [1.165, 1.54) is 31.4 Å². The molecule has 2 aliphatic carbocycles. The summed E-state index contributed by atoms with van der Waals surface area (Å²) < 4.78 is 40.1. The standard InChI is InChI=1S/C46H56FN3O10/c1-6-24-57-46-41(49(44(53)56-5)29-30-16-18-32(47)19-17-30)28-39(48-60-45(2,3)4)37-25-31(12-7-9-22-51)36(15-8-10-23-52)42(43(37)46)38-27-35(20-21-40(38)59-46)58-34-14-11-13-33(26-34)50(54)55/h6,11,13-14,16-21,25-27,31,36,41-43,51-52H,1,7-10,12,15,22-24,28-29H2,2-5H3/t31-,36+,41-,42+,43+,46+/m0/s1. The highest BCUT2D eigenvalue weighted by molar-refractivity contribution is 6.03. The minimum atomic E-state index is -1.56. The highest BCUT2D eigenvalue weighted by Gasteiger charge is 2.65. The average Bonchev–Trinajstić information content (AvgIpc) is 3.23. The minimum Gasteiger partial charge on any atom is -0.459 e. The number of hydrogen-bond acceptors (Lipinski definition) is 11. The van der Waals surface area contributed by atoms with Gasteiger partial charge in [-0.3, -0.25) is 15.0 Å². The summed E-state index contributed by atoms with van der Waals surface area (Å²) in [5.41, 5.74) is 2.14. The fourth-order valence-electron chi connectivity index (χ4n) is 8.91. The molecule has 0 spiro atoms. The number of nitro benzene ring substituents is 1. The lowest BCUT2D eigenvalue weighted by Crippen LogP contribution is -2.70. The summed E-state index contributed by atoms with van der Waals surface area (Å²) in [6.45, 7) is 9.85. The quantitative estimate of drug-likeness (QED) is 0.0547. The van der Waals surface area contributed by atoms with E-state index in [-0.39, 0.29) is 62.0 Å². The normalized spacial score (nSPS) is 23.7. The second kappa shape index (κ2) is 19.4. The predicted octanol–water partition coefficient (Wildman–Crippen LogP) is 9.23. The topological polar surface area (TPSA) is 162 Å². The number of nitrogens with zero attached hydrogens (tertiary/aromatic N) is 3. The Kier molecular flexibility index (Phi) is 14.3. The van der Waals surface area contributed by atoms with Crippen molar-refractivity contribution >= 4 is 17.5 Å². The molecule has 13 nitrogen and oxygen atoms in total. The van der Waals surface area contributed by atoms with Gasteiger partial charge in [-0.05, 0) is 106 Å². The first-order chi connectivity index (χ1) is 28.8. The van der Waals surface area contributed by atoms with Crippen molar-refractivity contribution in [3.63, 3.8) is 0 Å². The van der Waals surface area contributed by atoms with Gasteiger partial charge in [-0.25, -0.2) is 9.18 Å². The number of amides is 1. The summed E-state index contributed by atoms with van der Waals surface area (Å²) in [7, 11) is 1.31. The number of halogens is 1. The molecule has 1 fully saturated rings. The summed E-state index contributed by atoms with van der Waals surface area (Å²) in [6.07, 6.45) is 7.54. The molecule has 2 N–H and O–H groups in total. The number of carbonyl (C=O) groups is 1. The fourth-order valence-corrected chi connectivity index (χ4v) is 8.91. The fraction of sp³-hybridized carbons (Fsp3) is 0.478. The molecule has 0 aromatic heterocycles. The second-order valence-electron chi connectivity index (χ2n) is 16.6. The lowest BCUT2D eigenvalue weighted by Gasteiger charge is -2.59. The van der Waals surface area contributed by atoms with Gasteiger partial charge in [-0.2, -0.15) is 0 Å².